The molecule has 0 fully saturated rings. The molecule has 10 heavy (non-hydrogen) atoms. The average molecular weight is 144 g/mol. The van der Waals surface area contributed by atoms with Crippen LogP contribution in [0.4, 0.5) is 0 Å². The quantitative estimate of drug-likeness (QED) is 0.565. The number of aliphatic carboxylic acids is 2. The smallest absolute Gasteiger partial charge is 0.331 e. The Morgan fingerprint density at radius 3 is 2.00 bits per heavy atom. The van der Waals surface area contributed by atoms with Gasteiger partial charge in [0.1, 0.15) is 0 Å². The number of carbonyl (C=O) groups is 2. The summed E-state index contributed by atoms with van der Waals surface area (Å²) >= 11 is 0. The van der Waals surface area contributed by atoms with Gasteiger partial charge in [-0.25, -0.2) is 4.79 Å². The first-order chi connectivity index (χ1) is 4.57. The zero-order valence-corrected chi connectivity index (χ0v) is 5.50. The van der Waals surface area contributed by atoms with E-state index >= 15 is 0 Å². The maximum Gasteiger partial charge on any atom is 0.331 e. The van der Waals surface area contributed by atoms with Crippen LogP contribution >= 0.6 is 0 Å². The highest BCUT2D eigenvalue weighted by atomic mass is 16.4. The molecule has 0 saturated heterocycles. The molecule has 0 aliphatic heterocycles. The number of allylic oxidation sites excluding steroid dienone is 1. The van der Waals surface area contributed by atoms with Crippen LogP contribution in [-0.4, -0.2) is 22.2 Å². The van der Waals surface area contributed by atoms with E-state index in [1.807, 2.05) is 0 Å². The van der Waals surface area contributed by atoms with Crippen LogP contribution in [0.3, 0.4) is 0 Å². The second-order valence-electron chi connectivity index (χ2n) is 1.69. The van der Waals surface area contributed by atoms with Gasteiger partial charge in [0.15, 0.2) is 0 Å². The summed E-state index contributed by atoms with van der Waals surface area (Å²) in [5.74, 6) is -2.31. The van der Waals surface area contributed by atoms with Gasteiger partial charge in [0, 0.05) is 5.57 Å². The first kappa shape index (κ1) is 8.68. The largest absolute Gasteiger partial charge is 0.481 e. The van der Waals surface area contributed by atoms with Crippen molar-refractivity contribution in [3.05, 3.63) is 11.6 Å². The van der Waals surface area contributed by atoms with E-state index < -0.39 is 18.4 Å². The summed E-state index contributed by atoms with van der Waals surface area (Å²) in [7, 11) is 0. The van der Waals surface area contributed by atoms with Gasteiger partial charge in [0.25, 0.3) is 0 Å². The van der Waals surface area contributed by atoms with Gasteiger partial charge in [-0.05, 0) is 6.92 Å². The van der Waals surface area contributed by atoms with Crippen LogP contribution in [0.1, 0.15) is 13.3 Å². The molecule has 0 aromatic rings. The molecule has 0 unspecified atom stereocenters. The van der Waals surface area contributed by atoms with Crippen LogP contribution < -0.4 is 0 Å². The molecule has 56 valence electrons. The number of carboxylic acid groups (broad SMARTS) is 2. The van der Waals surface area contributed by atoms with E-state index in [-0.39, 0.29) is 5.57 Å². The summed E-state index contributed by atoms with van der Waals surface area (Å²) in [5, 5.41) is 16.5. The zero-order chi connectivity index (χ0) is 8.15. The average Bonchev–Trinajstić information content (AvgIpc) is 1.81. The lowest BCUT2D eigenvalue weighted by molar-refractivity contribution is -0.139. The van der Waals surface area contributed by atoms with Crippen LogP contribution in [0.25, 0.3) is 0 Å². The second kappa shape index (κ2) is 3.66. The molecule has 4 heteroatoms. The van der Waals surface area contributed by atoms with Crippen molar-refractivity contribution >= 4 is 11.9 Å². The SMILES string of the molecule is C/C=C(\CC(=O)O)C(=O)O. The minimum atomic E-state index is -1.18. The molecular formula is C6H8O4. The Hall–Kier alpha value is -1.32. The Balaban J connectivity index is 4.12. The predicted octanol–water partition coefficient (Wildman–Crippen LogP) is 0.492. The van der Waals surface area contributed by atoms with E-state index in [1.54, 1.807) is 0 Å². The van der Waals surface area contributed by atoms with Crippen molar-refractivity contribution in [3.63, 3.8) is 0 Å². The van der Waals surface area contributed by atoms with Gasteiger partial charge in [-0.15, -0.1) is 0 Å². The van der Waals surface area contributed by atoms with E-state index in [0.29, 0.717) is 0 Å². The molecule has 0 heterocycles. The lowest BCUT2D eigenvalue weighted by Crippen LogP contribution is -2.05. The molecule has 0 bridgehead atoms. The standard InChI is InChI=1S/C6H8O4/c1-2-4(6(9)10)3-5(7)8/h2H,3H2,1H3,(H,7,8)(H,9,10)/b4-2+. The Bertz CT molecular complexity index is 180. The number of hydrogen-bond acceptors (Lipinski definition) is 2. The maximum absolute atomic E-state index is 10.1. The van der Waals surface area contributed by atoms with Crippen molar-refractivity contribution in [3.8, 4) is 0 Å². The molecule has 0 aliphatic carbocycles. The second-order valence-corrected chi connectivity index (χ2v) is 1.69. The summed E-state index contributed by atoms with van der Waals surface area (Å²) in [4.78, 5) is 20.1. The zero-order valence-electron chi connectivity index (χ0n) is 5.50. The lowest BCUT2D eigenvalue weighted by Gasteiger charge is -1.93. The van der Waals surface area contributed by atoms with Crippen LogP contribution in [-0.2, 0) is 9.59 Å². The van der Waals surface area contributed by atoms with Crippen molar-refractivity contribution in [1.29, 1.82) is 0 Å². The van der Waals surface area contributed by atoms with Gasteiger partial charge in [-0.3, -0.25) is 4.79 Å². The van der Waals surface area contributed by atoms with Gasteiger partial charge >= 0.3 is 11.9 Å². The molecular weight excluding hydrogens is 136 g/mol. The fourth-order valence-electron chi connectivity index (χ4n) is 0.464. The first-order valence-electron chi connectivity index (χ1n) is 2.68. The molecule has 0 spiro atoms. The van der Waals surface area contributed by atoms with E-state index in [9.17, 15) is 9.59 Å². The first-order valence-corrected chi connectivity index (χ1v) is 2.68. The number of hydrogen-bond donors (Lipinski definition) is 2. The third-order valence-electron chi connectivity index (χ3n) is 0.965. The topological polar surface area (TPSA) is 74.6 Å². The Morgan fingerprint density at radius 1 is 1.40 bits per heavy atom. The molecule has 2 N–H and O–H groups in total. The molecule has 0 rings (SSSR count). The maximum atomic E-state index is 10.1. The summed E-state index contributed by atoms with van der Waals surface area (Å²) in [6, 6.07) is 0. The summed E-state index contributed by atoms with van der Waals surface area (Å²) in [6.07, 6.45) is 0.849. The summed E-state index contributed by atoms with van der Waals surface area (Å²) in [6.45, 7) is 1.49. The van der Waals surface area contributed by atoms with Crippen molar-refractivity contribution < 1.29 is 19.8 Å². The van der Waals surface area contributed by atoms with Crippen LogP contribution in [0.15, 0.2) is 11.6 Å². The van der Waals surface area contributed by atoms with Crippen molar-refractivity contribution in [2.24, 2.45) is 0 Å². The molecule has 0 aromatic carbocycles. The molecule has 0 atom stereocenters. The fourth-order valence-corrected chi connectivity index (χ4v) is 0.464. The van der Waals surface area contributed by atoms with E-state index in [0.717, 1.165) is 0 Å². The van der Waals surface area contributed by atoms with Crippen molar-refractivity contribution in [1.82, 2.24) is 0 Å². The van der Waals surface area contributed by atoms with Crippen LogP contribution in [0.5, 0.6) is 0 Å². The van der Waals surface area contributed by atoms with Crippen LogP contribution in [0.2, 0.25) is 0 Å². The molecule has 0 aromatic heterocycles. The van der Waals surface area contributed by atoms with Crippen molar-refractivity contribution in [2.45, 2.75) is 13.3 Å². The predicted molar refractivity (Wildman–Crippen MR) is 33.6 cm³/mol. The highest BCUT2D eigenvalue weighted by Crippen LogP contribution is 1.99. The molecule has 0 radical (unpaired) electrons. The Morgan fingerprint density at radius 2 is 1.90 bits per heavy atom. The minimum absolute atomic E-state index is 0.0903. The summed E-state index contributed by atoms with van der Waals surface area (Å²) in [5.41, 5.74) is -0.0903. The lowest BCUT2D eigenvalue weighted by atomic mass is 10.2. The monoisotopic (exact) mass is 144 g/mol. The van der Waals surface area contributed by atoms with Crippen LogP contribution in [0, 0.1) is 0 Å². The normalized spacial score (nSPS) is 11.1. The third-order valence-corrected chi connectivity index (χ3v) is 0.965. The van der Waals surface area contributed by atoms with Crippen molar-refractivity contribution in [2.75, 3.05) is 0 Å². The molecule has 0 amide bonds. The highest BCUT2D eigenvalue weighted by molar-refractivity contribution is 5.91. The minimum Gasteiger partial charge on any atom is -0.481 e. The van der Waals surface area contributed by atoms with Gasteiger partial charge in [0.2, 0.25) is 0 Å². The molecule has 0 saturated carbocycles. The molecule has 4 nitrogen and oxygen atoms in total. The van der Waals surface area contributed by atoms with Gasteiger partial charge in [0.05, 0.1) is 6.42 Å². The fraction of sp³-hybridized carbons (Fsp3) is 0.333. The van der Waals surface area contributed by atoms with Gasteiger partial charge in [-0.1, -0.05) is 6.08 Å². The third kappa shape index (κ3) is 2.86. The van der Waals surface area contributed by atoms with E-state index in [1.165, 1.54) is 13.0 Å². The van der Waals surface area contributed by atoms with E-state index in [4.69, 9.17) is 10.2 Å². The highest BCUT2D eigenvalue weighted by Gasteiger charge is 2.09. The number of rotatable bonds is 3. The Labute approximate surface area is 57.8 Å². The van der Waals surface area contributed by atoms with E-state index in [2.05, 4.69) is 0 Å². The Kier molecular flexibility index (Phi) is 3.17. The summed E-state index contributed by atoms with van der Waals surface area (Å²) < 4.78 is 0. The molecule has 0 aliphatic rings. The van der Waals surface area contributed by atoms with Gasteiger partial charge in [-0.2, -0.15) is 0 Å². The number of carboxylic acids is 2. The van der Waals surface area contributed by atoms with Gasteiger partial charge < -0.3 is 10.2 Å².